The monoisotopic (exact) mass is 917 g/mol. The molecule has 66 heavy (non-hydrogen) atoms. The Bertz CT molecular complexity index is 1330. The van der Waals surface area contributed by atoms with Gasteiger partial charge in [0.05, 0.1) is 0 Å². The number of carbonyl (C=O) groups excluding carboxylic acids is 3. The molecule has 0 fully saturated rings. The highest BCUT2D eigenvalue weighted by Crippen LogP contribution is 2.15. The van der Waals surface area contributed by atoms with Crippen molar-refractivity contribution in [1.29, 1.82) is 0 Å². The van der Waals surface area contributed by atoms with E-state index in [-0.39, 0.29) is 31.1 Å². The highest BCUT2D eigenvalue weighted by Gasteiger charge is 2.19. The molecule has 0 N–H and O–H groups in total. The first-order valence-corrected chi connectivity index (χ1v) is 27.3. The van der Waals surface area contributed by atoms with Crippen LogP contribution in [0.25, 0.3) is 0 Å². The number of hydrogen-bond acceptors (Lipinski definition) is 6. The smallest absolute Gasteiger partial charge is 0.306 e. The molecule has 0 spiro atoms. The van der Waals surface area contributed by atoms with Gasteiger partial charge in [-0.1, -0.05) is 259 Å². The van der Waals surface area contributed by atoms with Crippen molar-refractivity contribution in [2.45, 2.75) is 252 Å². The van der Waals surface area contributed by atoms with Crippen molar-refractivity contribution in [3.8, 4) is 0 Å². The van der Waals surface area contributed by atoms with E-state index in [4.69, 9.17) is 14.2 Å². The van der Waals surface area contributed by atoms with E-state index in [9.17, 15) is 14.4 Å². The van der Waals surface area contributed by atoms with E-state index in [1.165, 1.54) is 122 Å². The summed E-state index contributed by atoms with van der Waals surface area (Å²) in [5.74, 6) is -0.957. The van der Waals surface area contributed by atoms with E-state index < -0.39 is 6.10 Å². The molecule has 0 aliphatic carbocycles. The molecule has 0 saturated heterocycles. The zero-order chi connectivity index (χ0) is 47.9. The lowest BCUT2D eigenvalue weighted by molar-refractivity contribution is -0.167. The third-order valence-electron chi connectivity index (χ3n) is 11.5. The zero-order valence-electron chi connectivity index (χ0n) is 42.9. The molecule has 376 valence electrons. The molecule has 0 aromatic carbocycles. The van der Waals surface area contributed by atoms with Crippen LogP contribution in [0.1, 0.15) is 245 Å². The van der Waals surface area contributed by atoms with E-state index in [0.29, 0.717) is 19.3 Å². The zero-order valence-corrected chi connectivity index (χ0v) is 42.9. The second-order valence-corrected chi connectivity index (χ2v) is 17.9. The molecule has 0 heterocycles. The Labute approximate surface area is 407 Å². The molecule has 0 saturated carbocycles. The molecule has 0 amide bonds. The van der Waals surface area contributed by atoms with Crippen LogP contribution in [0.15, 0.2) is 97.2 Å². The van der Waals surface area contributed by atoms with Crippen LogP contribution >= 0.6 is 0 Å². The molecule has 1 atom stereocenters. The predicted octanol–water partition coefficient (Wildman–Crippen LogP) is 18.1. The van der Waals surface area contributed by atoms with Crippen LogP contribution < -0.4 is 0 Å². The summed E-state index contributed by atoms with van der Waals surface area (Å²) in [6.45, 7) is 6.44. The highest BCUT2D eigenvalue weighted by molar-refractivity contribution is 5.71. The van der Waals surface area contributed by atoms with Gasteiger partial charge < -0.3 is 14.2 Å². The molecule has 0 bridgehead atoms. The molecule has 0 aromatic rings. The van der Waals surface area contributed by atoms with Crippen molar-refractivity contribution in [2.75, 3.05) is 13.2 Å². The first-order valence-electron chi connectivity index (χ1n) is 27.3. The third kappa shape index (κ3) is 51.3. The largest absolute Gasteiger partial charge is 0.462 e. The minimum absolute atomic E-state index is 0.0994. The summed E-state index contributed by atoms with van der Waals surface area (Å²) in [6, 6.07) is 0. The fraction of sp³-hybridized carbons (Fsp3) is 0.683. The van der Waals surface area contributed by atoms with Gasteiger partial charge in [0.25, 0.3) is 0 Å². The minimum atomic E-state index is -0.801. The quantitative estimate of drug-likeness (QED) is 0.0199. The molecule has 0 rings (SSSR count). The minimum Gasteiger partial charge on any atom is -0.462 e. The van der Waals surface area contributed by atoms with E-state index in [2.05, 4.69) is 45.1 Å². The van der Waals surface area contributed by atoms with Crippen LogP contribution in [-0.4, -0.2) is 37.2 Å². The lowest BCUT2D eigenvalue weighted by Crippen LogP contribution is -2.30. The Morgan fingerprint density at radius 3 is 0.985 bits per heavy atom. The van der Waals surface area contributed by atoms with Crippen molar-refractivity contribution < 1.29 is 28.6 Å². The van der Waals surface area contributed by atoms with Gasteiger partial charge in [0.15, 0.2) is 6.10 Å². The molecule has 6 nitrogen and oxygen atoms in total. The Hall–Kier alpha value is -3.67. The van der Waals surface area contributed by atoms with Crippen LogP contribution in [-0.2, 0) is 28.6 Å². The SMILES string of the molecule is CC\C=C/C=C\C=C/C=C\C=C\C=C/C=C\CCCCCC(=O)OCC(COC(=O)CCCCC/C=C\CCCCCCCC)OC(=O)CCCCCCCCCCCCCCCCCC. The van der Waals surface area contributed by atoms with Crippen molar-refractivity contribution in [1.82, 2.24) is 0 Å². The van der Waals surface area contributed by atoms with E-state index in [1.807, 2.05) is 72.9 Å². The summed E-state index contributed by atoms with van der Waals surface area (Å²) in [6.07, 6.45) is 71.0. The van der Waals surface area contributed by atoms with E-state index in [1.54, 1.807) is 0 Å². The first-order chi connectivity index (χ1) is 32.5. The number of carbonyl (C=O) groups is 3. The third-order valence-corrected chi connectivity index (χ3v) is 11.5. The number of esters is 3. The normalized spacial score (nSPS) is 12.8. The predicted molar refractivity (Wildman–Crippen MR) is 284 cm³/mol. The number of allylic oxidation sites excluding steroid dienone is 16. The second kappa shape index (κ2) is 53.9. The van der Waals surface area contributed by atoms with E-state index >= 15 is 0 Å². The number of unbranched alkanes of at least 4 members (excludes halogenated alkanes) is 27. The van der Waals surface area contributed by atoms with Crippen molar-refractivity contribution in [3.63, 3.8) is 0 Å². The fourth-order valence-electron chi connectivity index (χ4n) is 7.42. The Morgan fingerprint density at radius 2 is 0.606 bits per heavy atom. The molecule has 0 aliphatic heterocycles. The van der Waals surface area contributed by atoms with Crippen LogP contribution in [0.4, 0.5) is 0 Å². The van der Waals surface area contributed by atoms with Gasteiger partial charge in [-0.25, -0.2) is 0 Å². The average Bonchev–Trinajstić information content (AvgIpc) is 3.31. The van der Waals surface area contributed by atoms with Crippen molar-refractivity contribution in [3.05, 3.63) is 97.2 Å². The van der Waals surface area contributed by atoms with Gasteiger partial charge in [0.2, 0.25) is 0 Å². The Balaban J connectivity index is 4.50. The van der Waals surface area contributed by atoms with Crippen LogP contribution in [0.3, 0.4) is 0 Å². The average molecular weight is 917 g/mol. The summed E-state index contributed by atoms with van der Waals surface area (Å²) in [7, 11) is 0. The van der Waals surface area contributed by atoms with E-state index in [0.717, 1.165) is 83.5 Å². The van der Waals surface area contributed by atoms with Gasteiger partial charge in [-0.2, -0.15) is 0 Å². The Morgan fingerprint density at radius 1 is 0.318 bits per heavy atom. The maximum atomic E-state index is 12.8. The summed E-state index contributed by atoms with van der Waals surface area (Å²) in [5.41, 5.74) is 0. The topological polar surface area (TPSA) is 78.9 Å². The molecule has 0 aliphatic rings. The first kappa shape index (κ1) is 62.3. The standard InChI is InChI=1S/C60H100O6/c1-4-7-10-13-16-19-22-25-27-29-30-31-33-35-38-41-44-47-50-53-59(62)65-56-57(55-64-58(61)52-49-46-43-40-37-34-24-21-18-15-12-9-6-3)66-60(63)54-51-48-45-42-39-36-32-28-26-23-20-17-14-11-8-5-2/h7,10,13,16,19,22,25,27,29-31,33-35,37-38,57H,4-6,8-9,11-12,14-15,17-18,20-21,23-24,26,28,32,36,39-56H2,1-3H3/b10-7-,16-13-,22-19-,27-25-,30-29+,33-31-,37-34-,38-35-. The number of rotatable bonds is 48. The molecule has 0 radical (unpaired) electrons. The summed E-state index contributed by atoms with van der Waals surface area (Å²) < 4.78 is 16.8. The second-order valence-electron chi connectivity index (χ2n) is 17.9. The van der Waals surface area contributed by atoms with Gasteiger partial charge in [-0.05, 0) is 64.2 Å². The van der Waals surface area contributed by atoms with Gasteiger partial charge in [0, 0.05) is 19.3 Å². The summed E-state index contributed by atoms with van der Waals surface area (Å²) in [4.78, 5) is 38.1. The van der Waals surface area contributed by atoms with Crippen molar-refractivity contribution in [2.24, 2.45) is 0 Å². The molecule has 6 heteroatoms. The highest BCUT2D eigenvalue weighted by atomic mass is 16.6. The lowest BCUT2D eigenvalue weighted by Gasteiger charge is -2.18. The van der Waals surface area contributed by atoms with Crippen LogP contribution in [0.5, 0.6) is 0 Å². The number of ether oxygens (including phenoxy) is 3. The van der Waals surface area contributed by atoms with Crippen LogP contribution in [0, 0.1) is 0 Å². The fourth-order valence-corrected chi connectivity index (χ4v) is 7.42. The maximum absolute atomic E-state index is 12.8. The molecule has 1 unspecified atom stereocenters. The van der Waals surface area contributed by atoms with Gasteiger partial charge in [0.1, 0.15) is 13.2 Å². The van der Waals surface area contributed by atoms with Crippen molar-refractivity contribution >= 4 is 17.9 Å². The summed E-state index contributed by atoms with van der Waals surface area (Å²) >= 11 is 0. The van der Waals surface area contributed by atoms with Crippen LogP contribution in [0.2, 0.25) is 0 Å². The molecular formula is C60H100O6. The maximum Gasteiger partial charge on any atom is 0.306 e. The van der Waals surface area contributed by atoms with Gasteiger partial charge >= 0.3 is 17.9 Å². The van der Waals surface area contributed by atoms with Gasteiger partial charge in [-0.3, -0.25) is 14.4 Å². The molecular weight excluding hydrogens is 817 g/mol. The molecule has 0 aromatic heterocycles. The number of hydrogen-bond donors (Lipinski definition) is 0. The van der Waals surface area contributed by atoms with Gasteiger partial charge in [-0.15, -0.1) is 0 Å². The lowest BCUT2D eigenvalue weighted by atomic mass is 10.0. The summed E-state index contributed by atoms with van der Waals surface area (Å²) in [5, 5.41) is 0. The Kier molecular flexibility index (Phi) is 50.9.